The van der Waals surface area contributed by atoms with E-state index in [1.165, 1.54) is 0 Å². The third kappa shape index (κ3) is 2.45. The zero-order valence-electron chi connectivity index (χ0n) is 9.79. The maximum Gasteiger partial charge on any atom is 0.194 e. The maximum absolute atomic E-state index is 12.0. The lowest BCUT2D eigenvalue weighted by atomic mass is 9.89. The molecule has 0 amide bonds. The number of aryl methyl sites for hydroxylation is 2. The highest BCUT2D eigenvalue weighted by atomic mass is 16.3. The lowest BCUT2D eigenvalue weighted by molar-refractivity contribution is 0.0390. The van der Waals surface area contributed by atoms with Crippen LogP contribution in [0.1, 0.15) is 41.8 Å². The van der Waals surface area contributed by atoms with Gasteiger partial charge in [0, 0.05) is 5.56 Å². The van der Waals surface area contributed by atoms with E-state index in [-0.39, 0.29) is 5.78 Å². The number of carbonyl (C=O) groups excluding carboxylic acids is 1. The van der Waals surface area contributed by atoms with Crippen molar-refractivity contribution in [2.45, 2.75) is 39.7 Å². The van der Waals surface area contributed by atoms with Gasteiger partial charge >= 0.3 is 0 Å². The summed E-state index contributed by atoms with van der Waals surface area (Å²) in [5.41, 5.74) is 1.42. The first-order chi connectivity index (χ1) is 6.88. The molecule has 1 rings (SSSR count). The van der Waals surface area contributed by atoms with Crippen molar-refractivity contribution < 1.29 is 9.90 Å². The molecule has 0 aliphatic heterocycles. The second-order valence-electron chi connectivity index (χ2n) is 4.27. The number of aliphatic hydroxyl groups is 1. The quantitative estimate of drug-likeness (QED) is 0.772. The van der Waals surface area contributed by atoms with Crippen LogP contribution < -0.4 is 0 Å². The summed E-state index contributed by atoms with van der Waals surface area (Å²) in [5.74, 6) is -0.192. The molecule has 1 atom stereocenters. The van der Waals surface area contributed by atoms with E-state index in [1.54, 1.807) is 19.9 Å². The van der Waals surface area contributed by atoms with Crippen molar-refractivity contribution in [3.8, 4) is 0 Å². The summed E-state index contributed by atoms with van der Waals surface area (Å²) in [5, 5.41) is 9.89. The Morgan fingerprint density at radius 3 is 2.47 bits per heavy atom. The standard InChI is InChI=1S/C13H18O2/c1-5-13(4,15)12(14)11-7-6-9(2)8-10(11)3/h6-8,15H,5H2,1-4H3. The van der Waals surface area contributed by atoms with E-state index in [0.29, 0.717) is 12.0 Å². The minimum absolute atomic E-state index is 0.192. The molecule has 0 aromatic heterocycles. The molecular weight excluding hydrogens is 188 g/mol. The number of carbonyl (C=O) groups is 1. The number of rotatable bonds is 3. The smallest absolute Gasteiger partial charge is 0.194 e. The minimum Gasteiger partial charge on any atom is -0.382 e. The molecular formula is C13H18O2. The molecule has 82 valence electrons. The van der Waals surface area contributed by atoms with Crippen LogP contribution in [0.15, 0.2) is 18.2 Å². The van der Waals surface area contributed by atoms with Crippen LogP contribution in [-0.2, 0) is 0 Å². The Balaban J connectivity index is 3.12. The molecule has 15 heavy (non-hydrogen) atoms. The number of benzene rings is 1. The van der Waals surface area contributed by atoms with Crippen LogP contribution in [0.2, 0.25) is 0 Å². The van der Waals surface area contributed by atoms with Crippen LogP contribution in [0.5, 0.6) is 0 Å². The van der Waals surface area contributed by atoms with Crippen LogP contribution in [-0.4, -0.2) is 16.5 Å². The van der Waals surface area contributed by atoms with Crippen molar-refractivity contribution in [3.05, 3.63) is 34.9 Å². The van der Waals surface area contributed by atoms with Crippen LogP contribution >= 0.6 is 0 Å². The molecule has 0 aliphatic carbocycles. The van der Waals surface area contributed by atoms with E-state index in [2.05, 4.69) is 0 Å². The third-order valence-electron chi connectivity index (χ3n) is 2.80. The molecule has 0 spiro atoms. The molecule has 1 unspecified atom stereocenters. The first-order valence-corrected chi connectivity index (χ1v) is 5.23. The summed E-state index contributed by atoms with van der Waals surface area (Å²) in [7, 11) is 0. The Labute approximate surface area is 90.9 Å². The lowest BCUT2D eigenvalue weighted by Crippen LogP contribution is -2.34. The summed E-state index contributed by atoms with van der Waals surface area (Å²) in [6.45, 7) is 7.25. The van der Waals surface area contributed by atoms with Crippen molar-refractivity contribution in [2.24, 2.45) is 0 Å². The van der Waals surface area contributed by atoms with Gasteiger partial charge in [-0.25, -0.2) is 0 Å². The summed E-state index contributed by atoms with van der Waals surface area (Å²) < 4.78 is 0. The monoisotopic (exact) mass is 206 g/mol. The van der Waals surface area contributed by atoms with Crippen molar-refractivity contribution in [1.29, 1.82) is 0 Å². The lowest BCUT2D eigenvalue weighted by Gasteiger charge is -2.20. The second kappa shape index (κ2) is 4.15. The predicted octanol–water partition coefficient (Wildman–Crippen LogP) is 2.65. The van der Waals surface area contributed by atoms with Gasteiger partial charge in [0.1, 0.15) is 5.60 Å². The van der Waals surface area contributed by atoms with Gasteiger partial charge in [-0.15, -0.1) is 0 Å². The number of hydrogen-bond donors (Lipinski definition) is 1. The van der Waals surface area contributed by atoms with E-state index in [4.69, 9.17) is 0 Å². The maximum atomic E-state index is 12.0. The number of hydrogen-bond acceptors (Lipinski definition) is 2. The molecule has 0 bridgehead atoms. The van der Waals surface area contributed by atoms with E-state index in [0.717, 1.165) is 11.1 Å². The zero-order valence-corrected chi connectivity index (χ0v) is 9.79. The van der Waals surface area contributed by atoms with E-state index < -0.39 is 5.60 Å². The number of ketones is 1. The highest BCUT2D eigenvalue weighted by Crippen LogP contribution is 2.20. The first kappa shape index (κ1) is 11.9. The van der Waals surface area contributed by atoms with Crippen LogP contribution in [0, 0.1) is 13.8 Å². The van der Waals surface area contributed by atoms with Gasteiger partial charge in [0.15, 0.2) is 5.78 Å². The molecule has 0 saturated carbocycles. The molecule has 0 saturated heterocycles. The van der Waals surface area contributed by atoms with Crippen LogP contribution in [0.25, 0.3) is 0 Å². The fourth-order valence-electron chi connectivity index (χ4n) is 1.52. The summed E-state index contributed by atoms with van der Waals surface area (Å²) in [4.78, 5) is 12.0. The van der Waals surface area contributed by atoms with Crippen molar-refractivity contribution in [2.75, 3.05) is 0 Å². The van der Waals surface area contributed by atoms with Gasteiger partial charge in [-0.1, -0.05) is 30.7 Å². The van der Waals surface area contributed by atoms with Gasteiger partial charge in [0.2, 0.25) is 0 Å². The van der Waals surface area contributed by atoms with Crippen LogP contribution in [0.3, 0.4) is 0 Å². The Bertz CT molecular complexity index is 378. The normalized spacial score (nSPS) is 14.7. The zero-order chi connectivity index (χ0) is 11.6. The van der Waals surface area contributed by atoms with E-state index in [1.807, 2.05) is 26.0 Å². The molecule has 1 N–H and O–H groups in total. The molecule has 1 aromatic carbocycles. The number of Topliss-reactive ketones (excluding diaryl/α,β-unsaturated/α-hetero) is 1. The average Bonchev–Trinajstić information content (AvgIpc) is 2.17. The average molecular weight is 206 g/mol. The molecule has 0 aliphatic rings. The Hall–Kier alpha value is -1.15. The van der Waals surface area contributed by atoms with Crippen molar-refractivity contribution in [3.63, 3.8) is 0 Å². The first-order valence-electron chi connectivity index (χ1n) is 5.23. The van der Waals surface area contributed by atoms with Crippen molar-refractivity contribution >= 4 is 5.78 Å². The highest BCUT2D eigenvalue weighted by Gasteiger charge is 2.29. The summed E-state index contributed by atoms with van der Waals surface area (Å²) in [6, 6.07) is 5.64. The fraction of sp³-hybridized carbons (Fsp3) is 0.462. The Morgan fingerprint density at radius 1 is 1.40 bits per heavy atom. The van der Waals surface area contributed by atoms with Gasteiger partial charge < -0.3 is 5.11 Å². The SMILES string of the molecule is CCC(C)(O)C(=O)c1ccc(C)cc1C. The molecule has 0 heterocycles. The second-order valence-corrected chi connectivity index (χ2v) is 4.27. The molecule has 1 aromatic rings. The fourth-order valence-corrected chi connectivity index (χ4v) is 1.52. The third-order valence-corrected chi connectivity index (χ3v) is 2.80. The van der Waals surface area contributed by atoms with Gasteiger partial charge in [-0.3, -0.25) is 4.79 Å². The minimum atomic E-state index is -1.25. The molecule has 0 fully saturated rings. The Morgan fingerprint density at radius 2 is 2.00 bits per heavy atom. The summed E-state index contributed by atoms with van der Waals surface area (Å²) >= 11 is 0. The highest BCUT2D eigenvalue weighted by molar-refractivity contribution is 6.03. The topological polar surface area (TPSA) is 37.3 Å². The van der Waals surface area contributed by atoms with Gasteiger partial charge in [-0.2, -0.15) is 0 Å². The molecule has 2 heteroatoms. The Kier molecular flexibility index (Phi) is 3.30. The van der Waals surface area contributed by atoms with Crippen molar-refractivity contribution in [1.82, 2.24) is 0 Å². The molecule has 0 radical (unpaired) electrons. The summed E-state index contributed by atoms with van der Waals surface area (Å²) in [6.07, 6.45) is 0.430. The van der Waals surface area contributed by atoms with Crippen LogP contribution in [0.4, 0.5) is 0 Å². The molecule has 2 nitrogen and oxygen atoms in total. The van der Waals surface area contributed by atoms with E-state index >= 15 is 0 Å². The van der Waals surface area contributed by atoms with E-state index in [9.17, 15) is 9.90 Å². The van der Waals surface area contributed by atoms with Gasteiger partial charge in [-0.05, 0) is 32.8 Å². The largest absolute Gasteiger partial charge is 0.382 e. The predicted molar refractivity (Wildman–Crippen MR) is 61.2 cm³/mol. The van der Waals surface area contributed by atoms with Gasteiger partial charge in [0.25, 0.3) is 0 Å². The van der Waals surface area contributed by atoms with Gasteiger partial charge in [0.05, 0.1) is 0 Å².